The molecule has 0 atom stereocenters. The van der Waals surface area contributed by atoms with Gasteiger partial charge < -0.3 is 10.5 Å². The number of carbonyl (C=O) groups excluding carboxylic acids is 3. The largest absolute Gasteiger partial charge is 0.474 e. The Morgan fingerprint density at radius 3 is 2.71 bits per heavy atom. The number of primary amides is 1. The first kappa shape index (κ1) is 20.8. The van der Waals surface area contributed by atoms with E-state index < -0.39 is 5.91 Å². The minimum absolute atomic E-state index is 0.0471. The van der Waals surface area contributed by atoms with Crippen molar-refractivity contribution in [3.8, 4) is 5.88 Å². The predicted octanol–water partition coefficient (Wildman–Crippen LogP) is 2.78. The average Bonchev–Trinajstić information content (AvgIpc) is 2.98. The lowest BCUT2D eigenvalue weighted by Crippen LogP contribution is -2.60. The Labute approximate surface area is 181 Å². The van der Waals surface area contributed by atoms with Gasteiger partial charge in [0.1, 0.15) is 18.2 Å². The Morgan fingerprint density at radius 1 is 1.32 bits per heavy atom. The highest BCUT2D eigenvalue weighted by Gasteiger charge is 2.58. The van der Waals surface area contributed by atoms with Gasteiger partial charge in [-0.3, -0.25) is 19.4 Å². The predicted molar refractivity (Wildman–Crippen MR) is 114 cm³/mol. The van der Waals surface area contributed by atoms with E-state index >= 15 is 0 Å². The van der Waals surface area contributed by atoms with E-state index in [1.54, 1.807) is 36.6 Å². The fourth-order valence-electron chi connectivity index (χ4n) is 4.86. The second-order valence-corrected chi connectivity index (χ2v) is 8.37. The Bertz CT molecular complexity index is 985. The van der Waals surface area contributed by atoms with Crippen LogP contribution in [0.25, 0.3) is 0 Å². The molecule has 0 aromatic carbocycles. The van der Waals surface area contributed by atoms with E-state index in [0.717, 1.165) is 25.7 Å². The van der Waals surface area contributed by atoms with Gasteiger partial charge in [0.25, 0.3) is 11.8 Å². The molecule has 31 heavy (non-hydrogen) atoms. The average molecular weight is 422 g/mol. The molecule has 8 heteroatoms. The smallest absolute Gasteiger partial charge is 0.331 e. The first-order valence-electron chi connectivity index (χ1n) is 10.4. The van der Waals surface area contributed by atoms with Crippen LogP contribution in [0.15, 0.2) is 54.9 Å². The summed E-state index contributed by atoms with van der Waals surface area (Å²) < 4.78 is 5.89. The Morgan fingerprint density at radius 2 is 2.06 bits per heavy atom. The van der Waals surface area contributed by atoms with Crippen molar-refractivity contribution in [3.05, 3.63) is 60.5 Å². The lowest BCUT2D eigenvalue weighted by atomic mass is 9.52. The molecular weight excluding hydrogens is 396 g/mol. The minimum atomic E-state index is -0.570. The number of rotatable bonds is 7. The van der Waals surface area contributed by atoms with Crippen molar-refractivity contribution in [1.82, 2.24) is 14.8 Å². The number of nitrogens with two attached hydrogens (primary N) is 1. The van der Waals surface area contributed by atoms with Crippen LogP contribution in [0, 0.1) is 5.41 Å². The Kier molecular flexibility index (Phi) is 5.39. The molecule has 4 rings (SSSR count). The summed E-state index contributed by atoms with van der Waals surface area (Å²) in [6, 6.07) is 2.89. The van der Waals surface area contributed by atoms with Crippen molar-refractivity contribution < 1.29 is 19.1 Å². The summed E-state index contributed by atoms with van der Waals surface area (Å²) in [5.74, 6) is -0.472. The third-order valence-electron chi connectivity index (χ3n) is 6.35. The van der Waals surface area contributed by atoms with Crippen molar-refractivity contribution in [2.75, 3.05) is 6.54 Å². The molecule has 1 saturated heterocycles. The number of ether oxygens (including phenoxy) is 1. The fraction of sp³-hybridized carbons (Fsp3) is 0.391. The lowest BCUT2D eigenvalue weighted by Gasteiger charge is -2.58. The number of imide groups is 1. The molecule has 162 valence electrons. The third kappa shape index (κ3) is 3.73. The second kappa shape index (κ2) is 8.02. The summed E-state index contributed by atoms with van der Waals surface area (Å²) in [5, 5.41) is 0. The van der Waals surface area contributed by atoms with Gasteiger partial charge >= 0.3 is 6.03 Å². The number of hydrogen-bond acceptors (Lipinski definition) is 5. The monoisotopic (exact) mass is 422 g/mol. The molecule has 2 saturated carbocycles. The van der Waals surface area contributed by atoms with Crippen molar-refractivity contribution >= 4 is 17.8 Å². The zero-order chi connectivity index (χ0) is 22.2. The molecule has 2 N–H and O–H groups in total. The number of amides is 4. The molecule has 1 aromatic heterocycles. The van der Waals surface area contributed by atoms with Crippen LogP contribution in [0.5, 0.6) is 5.88 Å². The molecule has 8 nitrogen and oxygen atoms in total. The van der Waals surface area contributed by atoms with Gasteiger partial charge in [-0.15, -0.1) is 0 Å². The van der Waals surface area contributed by atoms with Crippen molar-refractivity contribution in [1.29, 1.82) is 0 Å². The maximum atomic E-state index is 12.9. The van der Waals surface area contributed by atoms with Gasteiger partial charge in [0.15, 0.2) is 0 Å². The van der Waals surface area contributed by atoms with Gasteiger partial charge in [0.2, 0.25) is 5.88 Å². The van der Waals surface area contributed by atoms with Gasteiger partial charge in [-0.1, -0.05) is 24.8 Å². The zero-order valence-corrected chi connectivity index (χ0v) is 17.5. The van der Waals surface area contributed by atoms with Crippen LogP contribution < -0.4 is 10.5 Å². The normalized spacial score (nSPS) is 28.1. The molecule has 0 unspecified atom stereocenters. The summed E-state index contributed by atoms with van der Waals surface area (Å²) in [6.45, 7) is 5.53. The molecule has 2 heterocycles. The lowest BCUT2D eigenvalue weighted by molar-refractivity contribution is -0.138. The van der Waals surface area contributed by atoms with E-state index in [4.69, 9.17) is 10.5 Å². The van der Waals surface area contributed by atoms with Crippen LogP contribution in [-0.2, 0) is 4.79 Å². The van der Waals surface area contributed by atoms with Crippen molar-refractivity contribution in [2.24, 2.45) is 11.1 Å². The third-order valence-corrected chi connectivity index (χ3v) is 6.35. The van der Waals surface area contributed by atoms with E-state index in [1.165, 1.54) is 9.80 Å². The SMILES string of the molecule is C=C/C=C\C(=C/C)N1CC(=O)N(C2CC3(CC(Oc4ncccc4C(N)=O)C3)C2)C1=O. The van der Waals surface area contributed by atoms with Crippen molar-refractivity contribution in [2.45, 2.75) is 44.8 Å². The number of nitrogens with zero attached hydrogens (tertiary/aromatic N) is 3. The quantitative estimate of drug-likeness (QED) is 0.537. The highest BCUT2D eigenvalue weighted by molar-refractivity contribution is 6.03. The zero-order valence-electron chi connectivity index (χ0n) is 17.5. The molecule has 1 spiro atoms. The van der Waals surface area contributed by atoms with Gasteiger partial charge in [0, 0.05) is 17.9 Å². The first-order chi connectivity index (χ1) is 14.9. The molecule has 3 aliphatic rings. The van der Waals surface area contributed by atoms with Crippen molar-refractivity contribution in [3.63, 3.8) is 0 Å². The van der Waals surface area contributed by atoms with E-state index in [-0.39, 0.29) is 47.5 Å². The Hall–Kier alpha value is -3.42. The molecule has 1 aliphatic heterocycles. The van der Waals surface area contributed by atoms with E-state index in [0.29, 0.717) is 5.70 Å². The summed E-state index contributed by atoms with van der Waals surface area (Å²) in [6.07, 6.45) is 11.6. The standard InChI is InChI=1S/C23H26N4O4/c1-3-5-7-15(4-2)26-14-19(28)27(22(26)30)16-10-23(11-16)12-17(13-23)31-21-18(20(24)29)8-6-9-25-21/h3-9,16-17H,1,10-14H2,2H3,(H2,24,29)/b7-5-,15-4+. The molecular formula is C23H26N4O4. The molecule has 2 aliphatic carbocycles. The van der Waals surface area contributed by atoms with Crippen LogP contribution >= 0.6 is 0 Å². The van der Waals surface area contributed by atoms with Crippen LogP contribution in [0.3, 0.4) is 0 Å². The van der Waals surface area contributed by atoms with E-state index in [9.17, 15) is 14.4 Å². The topological polar surface area (TPSA) is 106 Å². The highest BCUT2D eigenvalue weighted by atomic mass is 16.5. The number of allylic oxidation sites excluding steroid dienone is 4. The van der Waals surface area contributed by atoms with Crippen LogP contribution in [-0.4, -0.2) is 51.3 Å². The Balaban J connectivity index is 1.34. The number of hydrogen-bond donors (Lipinski definition) is 1. The number of aromatic nitrogens is 1. The van der Waals surface area contributed by atoms with Gasteiger partial charge in [-0.2, -0.15) is 0 Å². The van der Waals surface area contributed by atoms with E-state index in [2.05, 4.69) is 11.6 Å². The summed E-state index contributed by atoms with van der Waals surface area (Å²) in [7, 11) is 0. The summed E-state index contributed by atoms with van der Waals surface area (Å²) in [5.41, 5.74) is 6.42. The highest BCUT2D eigenvalue weighted by Crippen LogP contribution is 2.58. The minimum Gasteiger partial charge on any atom is -0.474 e. The first-order valence-corrected chi connectivity index (χ1v) is 10.4. The van der Waals surface area contributed by atoms with Gasteiger partial charge in [-0.05, 0) is 56.2 Å². The van der Waals surface area contributed by atoms with E-state index in [1.807, 2.05) is 13.0 Å². The molecule has 3 fully saturated rings. The molecule has 0 bridgehead atoms. The van der Waals surface area contributed by atoms with Gasteiger partial charge in [0.05, 0.1) is 0 Å². The van der Waals surface area contributed by atoms with Crippen LogP contribution in [0.2, 0.25) is 0 Å². The van der Waals surface area contributed by atoms with Gasteiger partial charge in [-0.25, -0.2) is 9.78 Å². The number of urea groups is 1. The molecule has 4 amide bonds. The summed E-state index contributed by atoms with van der Waals surface area (Å²) in [4.78, 5) is 44.0. The summed E-state index contributed by atoms with van der Waals surface area (Å²) >= 11 is 0. The molecule has 1 aromatic rings. The molecule has 0 radical (unpaired) electrons. The second-order valence-electron chi connectivity index (χ2n) is 8.37. The maximum absolute atomic E-state index is 12.9. The maximum Gasteiger partial charge on any atom is 0.331 e. The number of carbonyl (C=O) groups is 3. The number of pyridine rings is 1. The fourth-order valence-corrected chi connectivity index (χ4v) is 4.86. The van der Waals surface area contributed by atoms with Crippen LogP contribution in [0.1, 0.15) is 43.0 Å². The van der Waals surface area contributed by atoms with Crippen LogP contribution in [0.4, 0.5) is 4.79 Å².